The van der Waals surface area contributed by atoms with Gasteiger partial charge < -0.3 is 19.9 Å². The van der Waals surface area contributed by atoms with Crippen LogP contribution < -0.4 is 14.8 Å². The number of hydrogen-bond acceptors (Lipinski definition) is 4. The summed E-state index contributed by atoms with van der Waals surface area (Å²) in [4.78, 5) is 11.1. The van der Waals surface area contributed by atoms with E-state index in [0.29, 0.717) is 34.3 Å². The smallest absolute Gasteiger partial charge is 0.335 e. The fourth-order valence-corrected chi connectivity index (χ4v) is 2.89. The van der Waals surface area contributed by atoms with Gasteiger partial charge in [-0.1, -0.05) is 35.9 Å². The van der Waals surface area contributed by atoms with Crippen molar-refractivity contribution in [2.24, 2.45) is 0 Å². The first-order chi connectivity index (χ1) is 14.0. The number of nitrogens with one attached hydrogen (secondary N) is 1. The minimum absolute atomic E-state index is 0.0816. The van der Waals surface area contributed by atoms with Crippen molar-refractivity contribution in [3.63, 3.8) is 0 Å². The van der Waals surface area contributed by atoms with Crippen LogP contribution in [0.4, 0.5) is 10.1 Å². The summed E-state index contributed by atoms with van der Waals surface area (Å²) in [6.07, 6.45) is 0. The van der Waals surface area contributed by atoms with E-state index in [2.05, 4.69) is 5.32 Å². The molecule has 29 heavy (non-hydrogen) atoms. The Morgan fingerprint density at radius 3 is 2.62 bits per heavy atom. The molecule has 0 aromatic heterocycles. The van der Waals surface area contributed by atoms with Crippen LogP contribution in [0.2, 0.25) is 5.02 Å². The summed E-state index contributed by atoms with van der Waals surface area (Å²) in [5.41, 5.74) is 1.99. The van der Waals surface area contributed by atoms with Crippen molar-refractivity contribution in [3.8, 4) is 11.5 Å². The molecular formula is C22H19ClFNO4. The maximum atomic E-state index is 13.7. The predicted octanol–water partition coefficient (Wildman–Crippen LogP) is 5.38. The fraction of sp³-hybridized carbons (Fsp3) is 0.136. The van der Waals surface area contributed by atoms with Gasteiger partial charge in [-0.05, 0) is 42.0 Å². The summed E-state index contributed by atoms with van der Waals surface area (Å²) < 4.78 is 24.8. The van der Waals surface area contributed by atoms with Crippen molar-refractivity contribution >= 4 is 23.3 Å². The van der Waals surface area contributed by atoms with E-state index in [4.69, 9.17) is 26.2 Å². The van der Waals surface area contributed by atoms with Gasteiger partial charge in [0.05, 0.1) is 23.4 Å². The van der Waals surface area contributed by atoms with Crippen LogP contribution in [0.1, 0.15) is 21.5 Å². The first-order valence-corrected chi connectivity index (χ1v) is 9.15. The minimum atomic E-state index is -1.03. The summed E-state index contributed by atoms with van der Waals surface area (Å²) >= 11 is 6.13. The molecule has 0 aliphatic rings. The Morgan fingerprint density at radius 1 is 1.10 bits per heavy atom. The van der Waals surface area contributed by atoms with E-state index >= 15 is 0 Å². The predicted molar refractivity (Wildman–Crippen MR) is 109 cm³/mol. The largest absolute Gasteiger partial charge is 0.493 e. The van der Waals surface area contributed by atoms with Crippen LogP contribution in [0, 0.1) is 5.82 Å². The van der Waals surface area contributed by atoms with Gasteiger partial charge in [-0.25, -0.2) is 9.18 Å². The summed E-state index contributed by atoms with van der Waals surface area (Å²) in [5, 5.41) is 12.7. The number of aromatic carboxylic acids is 1. The molecule has 0 amide bonds. The Morgan fingerprint density at radius 2 is 1.90 bits per heavy atom. The number of carbonyl (C=O) groups is 1. The van der Waals surface area contributed by atoms with E-state index < -0.39 is 5.97 Å². The van der Waals surface area contributed by atoms with Gasteiger partial charge in [0, 0.05) is 12.1 Å². The highest BCUT2D eigenvalue weighted by atomic mass is 35.5. The highest BCUT2D eigenvalue weighted by Crippen LogP contribution is 2.30. The summed E-state index contributed by atoms with van der Waals surface area (Å²) in [6.45, 7) is 0.477. The third-order valence-electron chi connectivity index (χ3n) is 4.27. The van der Waals surface area contributed by atoms with Crippen molar-refractivity contribution in [2.75, 3.05) is 12.4 Å². The molecule has 0 spiro atoms. The van der Waals surface area contributed by atoms with E-state index in [9.17, 15) is 9.18 Å². The number of ether oxygens (including phenoxy) is 2. The maximum Gasteiger partial charge on any atom is 0.335 e. The molecule has 0 saturated carbocycles. The Labute approximate surface area is 172 Å². The Bertz CT molecular complexity index is 1030. The molecule has 3 rings (SSSR count). The number of methoxy groups -OCH3 is 1. The molecule has 0 atom stereocenters. The topological polar surface area (TPSA) is 67.8 Å². The second-order valence-corrected chi connectivity index (χ2v) is 6.63. The molecule has 7 heteroatoms. The average Bonchev–Trinajstić information content (AvgIpc) is 2.72. The second-order valence-electron chi connectivity index (χ2n) is 6.22. The molecular weight excluding hydrogens is 397 g/mol. The first-order valence-electron chi connectivity index (χ1n) is 8.77. The zero-order chi connectivity index (χ0) is 20.8. The monoisotopic (exact) mass is 415 g/mol. The highest BCUT2D eigenvalue weighted by Gasteiger charge is 2.10. The zero-order valence-electron chi connectivity index (χ0n) is 15.6. The van der Waals surface area contributed by atoms with Gasteiger partial charge in [-0.15, -0.1) is 0 Å². The highest BCUT2D eigenvalue weighted by molar-refractivity contribution is 6.33. The standard InChI is InChI=1S/C22H19ClFNO4/c1-28-21-10-14(12-25-19-11-15(22(26)27)7-8-17(19)23)6-9-20(21)29-13-16-4-2-3-5-18(16)24/h2-11,25H,12-13H2,1H3,(H,26,27). The molecule has 0 heterocycles. The van der Waals surface area contributed by atoms with E-state index in [1.165, 1.54) is 31.4 Å². The van der Waals surface area contributed by atoms with Crippen LogP contribution >= 0.6 is 11.6 Å². The molecule has 0 bridgehead atoms. The molecule has 2 N–H and O–H groups in total. The molecule has 3 aromatic rings. The quantitative estimate of drug-likeness (QED) is 0.517. The number of halogens is 2. The molecule has 0 radical (unpaired) electrons. The van der Waals surface area contributed by atoms with Gasteiger partial charge in [0.2, 0.25) is 0 Å². The Hall–Kier alpha value is -3.25. The lowest BCUT2D eigenvalue weighted by Crippen LogP contribution is -2.04. The lowest BCUT2D eigenvalue weighted by atomic mass is 10.1. The van der Waals surface area contributed by atoms with Gasteiger partial charge in [-0.3, -0.25) is 0 Å². The van der Waals surface area contributed by atoms with Crippen molar-refractivity contribution in [3.05, 3.63) is 88.2 Å². The molecule has 0 unspecified atom stereocenters. The average molecular weight is 416 g/mol. The first kappa shape index (κ1) is 20.5. The molecule has 0 aliphatic carbocycles. The lowest BCUT2D eigenvalue weighted by molar-refractivity contribution is 0.0697. The maximum absolute atomic E-state index is 13.7. The number of rotatable bonds is 8. The molecule has 0 saturated heterocycles. The van der Waals surface area contributed by atoms with E-state index in [1.807, 2.05) is 6.07 Å². The molecule has 3 aromatic carbocycles. The van der Waals surface area contributed by atoms with Crippen molar-refractivity contribution < 1.29 is 23.8 Å². The minimum Gasteiger partial charge on any atom is -0.493 e. The van der Waals surface area contributed by atoms with E-state index in [0.717, 1.165) is 5.56 Å². The zero-order valence-corrected chi connectivity index (χ0v) is 16.4. The molecule has 0 aliphatic heterocycles. The van der Waals surface area contributed by atoms with Crippen molar-refractivity contribution in [2.45, 2.75) is 13.2 Å². The van der Waals surface area contributed by atoms with Crippen LogP contribution in [-0.2, 0) is 13.2 Å². The number of benzene rings is 3. The summed E-state index contributed by atoms with van der Waals surface area (Å²) in [6, 6.07) is 16.2. The van der Waals surface area contributed by atoms with Gasteiger partial charge in [0.1, 0.15) is 12.4 Å². The third-order valence-corrected chi connectivity index (χ3v) is 4.59. The lowest BCUT2D eigenvalue weighted by Gasteiger charge is -2.14. The fourth-order valence-electron chi connectivity index (χ4n) is 2.70. The van der Waals surface area contributed by atoms with E-state index in [1.54, 1.807) is 30.3 Å². The Kier molecular flexibility index (Phi) is 6.57. The van der Waals surface area contributed by atoms with Gasteiger partial charge >= 0.3 is 5.97 Å². The van der Waals surface area contributed by atoms with Crippen LogP contribution in [0.25, 0.3) is 0 Å². The van der Waals surface area contributed by atoms with Crippen LogP contribution in [0.3, 0.4) is 0 Å². The SMILES string of the molecule is COc1cc(CNc2cc(C(=O)O)ccc2Cl)ccc1OCc1ccccc1F. The summed E-state index contributed by atoms with van der Waals surface area (Å²) in [7, 11) is 1.52. The van der Waals surface area contributed by atoms with Gasteiger partial charge in [0.15, 0.2) is 11.5 Å². The second kappa shape index (κ2) is 9.30. The summed E-state index contributed by atoms with van der Waals surface area (Å²) in [5.74, 6) is -0.355. The van der Waals surface area contributed by atoms with Crippen LogP contribution in [0.5, 0.6) is 11.5 Å². The van der Waals surface area contributed by atoms with E-state index in [-0.39, 0.29) is 18.0 Å². The number of anilines is 1. The van der Waals surface area contributed by atoms with Crippen molar-refractivity contribution in [1.29, 1.82) is 0 Å². The Balaban J connectivity index is 1.70. The van der Waals surface area contributed by atoms with Crippen molar-refractivity contribution in [1.82, 2.24) is 0 Å². The molecule has 0 fully saturated rings. The molecule has 5 nitrogen and oxygen atoms in total. The molecule has 150 valence electrons. The van der Waals surface area contributed by atoms with Gasteiger partial charge in [-0.2, -0.15) is 0 Å². The number of carboxylic acids is 1. The normalized spacial score (nSPS) is 10.4. The third kappa shape index (κ3) is 5.18. The number of carboxylic acid groups (broad SMARTS) is 1. The van der Waals surface area contributed by atoms with Gasteiger partial charge in [0.25, 0.3) is 0 Å². The number of hydrogen-bond donors (Lipinski definition) is 2. The van der Waals surface area contributed by atoms with Crippen LogP contribution in [-0.4, -0.2) is 18.2 Å². The van der Waals surface area contributed by atoms with Crippen LogP contribution in [0.15, 0.2) is 60.7 Å².